The number of nitrogens with one attached hydrogen (secondary N) is 2. The lowest BCUT2D eigenvalue weighted by atomic mass is 10.0. The Balaban J connectivity index is 1.52. The molecule has 10 heteroatoms. The molecule has 1 aliphatic carbocycles. The Morgan fingerprint density at radius 3 is 2.47 bits per heavy atom. The number of fused-ring (bicyclic) bond motifs is 1. The number of thiophene rings is 1. The van der Waals surface area contributed by atoms with Gasteiger partial charge in [0.25, 0.3) is 0 Å². The molecule has 0 aliphatic heterocycles. The molecule has 1 saturated carbocycles. The molecular weight excluding hydrogens is 500 g/mol. The molecule has 38 heavy (non-hydrogen) atoms. The number of benzene rings is 2. The third-order valence-electron chi connectivity index (χ3n) is 6.20. The van der Waals surface area contributed by atoms with Gasteiger partial charge < -0.3 is 10.6 Å². The van der Waals surface area contributed by atoms with Gasteiger partial charge >= 0.3 is 0 Å². The van der Waals surface area contributed by atoms with Gasteiger partial charge in [-0.15, -0.1) is 5.10 Å². The maximum atomic E-state index is 14.0. The van der Waals surface area contributed by atoms with E-state index in [4.69, 9.17) is 0 Å². The van der Waals surface area contributed by atoms with Gasteiger partial charge in [-0.05, 0) is 92.4 Å². The van der Waals surface area contributed by atoms with Crippen molar-refractivity contribution in [2.75, 3.05) is 10.2 Å². The second kappa shape index (κ2) is 10.4. The second-order valence-electron chi connectivity index (χ2n) is 10.5. The van der Waals surface area contributed by atoms with Crippen molar-refractivity contribution in [3.8, 4) is 0 Å². The van der Waals surface area contributed by atoms with Crippen LogP contribution in [0, 0.1) is 5.92 Å². The number of carbonyl (C=O) groups excluding carboxylic acids is 3. The van der Waals surface area contributed by atoms with E-state index in [1.54, 1.807) is 28.9 Å². The summed E-state index contributed by atoms with van der Waals surface area (Å²) in [6.07, 6.45) is 1.82. The molecule has 2 N–H and O–H groups in total. The molecule has 0 spiro atoms. The van der Waals surface area contributed by atoms with E-state index in [1.807, 2.05) is 61.9 Å². The number of hydrogen-bond donors (Lipinski definition) is 2. The highest BCUT2D eigenvalue weighted by Gasteiger charge is 2.35. The average Bonchev–Trinajstić information content (AvgIpc) is 3.45. The topological polar surface area (TPSA) is 109 Å². The Bertz CT molecular complexity index is 1450. The van der Waals surface area contributed by atoms with E-state index in [9.17, 15) is 14.4 Å². The Morgan fingerprint density at radius 2 is 1.82 bits per heavy atom. The first-order valence-corrected chi connectivity index (χ1v) is 13.5. The summed E-state index contributed by atoms with van der Waals surface area (Å²) >= 11 is 1.46. The Hall–Kier alpha value is -4.05. The van der Waals surface area contributed by atoms with Crippen molar-refractivity contribution < 1.29 is 14.4 Å². The SMILES string of the molecule is CC(C)(C)NC(=O)C(c1ccsc1)N(C(=O)Cn1nnc2ccccc21)c1ccc(NC(=O)C2CC2)cc1. The standard InChI is InChI=1S/C28H30N6O3S/c1-28(2,3)30-27(37)25(19-14-15-38-17-19)34(21-12-10-20(11-13-21)29-26(36)18-8-9-18)24(35)16-33-23-7-5-4-6-22(23)31-32-33/h4-7,10-15,17-18,25H,8-9,16H2,1-3H3,(H,29,36)(H,30,37). The van der Waals surface area contributed by atoms with E-state index in [-0.39, 0.29) is 30.2 Å². The molecule has 2 heterocycles. The summed E-state index contributed by atoms with van der Waals surface area (Å²) in [5.41, 5.74) is 2.79. The van der Waals surface area contributed by atoms with Crippen molar-refractivity contribution >= 4 is 51.5 Å². The number of anilines is 2. The monoisotopic (exact) mass is 530 g/mol. The minimum atomic E-state index is -0.908. The van der Waals surface area contributed by atoms with Crippen LogP contribution in [0.15, 0.2) is 65.4 Å². The highest BCUT2D eigenvalue weighted by atomic mass is 32.1. The number of amides is 3. The molecular formula is C28H30N6O3S. The molecule has 1 atom stereocenters. The predicted octanol–water partition coefficient (Wildman–Crippen LogP) is 4.53. The first-order valence-electron chi connectivity index (χ1n) is 12.5. The lowest BCUT2D eigenvalue weighted by Crippen LogP contribution is -2.50. The highest BCUT2D eigenvalue weighted by Crippen LogP contribution is 2.33. The van der Waals surface area contributed by atoms with E-state index in [2.05, 4.69) is 20.9 Å². The molecule has 9 nitrogen and oxygen atoms in total. The molecule has 1 fully saturated rings. The van der Waals surface area contributed by atoms with Gasteiger partial charge in [0.05, 0.1) is 5.52 Å². The van der Waals surface area contributed by atoms with Crippen LogP contribution in [0.5, 0.6) is 0 Å². The van der Waals surface area contributed by atoms with Gasteiger partial charge in [-0.25, -0.2) is 4.68 Å². The van der Waals surface area contributed by atoms with Gasteiger partial charge in [0.2, 0.25) is 17.7 Å². The molecule has 0 saturated heterocycles. The minimum absolute atomic E-state index is 0.00412. The normalized spacial score (nSPS) is 14.2. The molecule has 4 aromatic rings. The van der Waals surface area contributed by atoms with E-state index < -0.39 is 11.6 Å². The molecule has 0 bridgehead atoms. The van der Waals surface area contributed by atoms with Gasteiger partial charge in [-0.2, -0.15) is 11.3 Å². The van der Waals surface area contributed by atoms with E-state index in [0.717, 1.165) is 18.4 Å². The summed E-state index contributed by atoms with van der Waals surface area (Å²) in [5.74, 6) is -0.534. The van der Waals surface area contributed by atoms with E-state index in [1.165, 1.54) is 16.2 Å². The summed E-state index contributed by atoms with van der Waals surface area (Å²) in [7, 11) is 0. The van der Waals surface area contributed by atoms with E-state index >= 15 is 0 Å². The Kier molecular flexibility index (Phi) is 6.98. The van der Waals surface area contributed by atoms with Crippen LogP contribution in [0.4, 0.5) is 11.4 Å². The summed E-state index contributed by atoms with van der Waals surface area (Å²) in [5, 5.41) is 18.1. The fraction of sp³-hybridized carbons (Fsp3) is 0.321. The van der Waals surface area contributed by atoms with Crippen LogP contribution >= 0.6 is 11.3 Å². The number of carbonyl (C=O) groups is 3. The molecule has 3 amide bonds. The van der Waals surface area contributed by atoms with Crippen LogP contribution in [0.25, 0.3) is 11.0 Å². The van der Waals surface area contributed by atoms with Crippen molar-refractivity contribution in [1.82, 2.24) is 20.3 Å². The number of aromatic nitrogens is 3. The third kappa shape index (κ3) is 5.75. The Morgan fingerprint density at radius 1 is 1.08 bits per heavy atom. The maximum absolute atomic E-state index is 14.0. The highest BCUT2D eigenvalue weighted by molar-refractivity contribution is 7.08. The van der Waals surface area contributed by atoms with Gasteiger partial charge in [-0.3, -0.25) is 19.3 Å². The van der Waals surface area contributed by atoms with Crippen molar-refractivity contribution in [2.45, 2.75) is 51.7 Å². The largest absolute Gasteiger partial charge is 0.349 e. The van der Waals surface area contributed by atoms with Crippen LogP contribution in [-0.2, 0) is 20.9 Å². The molecule has 2 aromatic heterocycles. The fourth-order valence-electron chi connectivity index (χ4n) is 4.26. The minimum Gasteiger partial charge on any atom is -0.349 e. The van der Waals surface area contributed by atoms with Gasteiger partial charge in [0.15, 0.2) is 0 Å². The summed E-state index contributed by atoms with van der Waals surface area (Å²) in [6.45, 7) is 5.60. The van der Waals surface area contributed by atoms with Crippen LogP contribution in [0.2, 0.25) is 0 Å². The Labute approximate surface area is 224 Å². The molecule has 5 rings (SSSR count). The fourth-order valence-corrected chi connectivity index (χ4v) is 4.94. The molecule has 196 valence electrons. The van der Waals surface area contributed by atoms with E-state index in [0.29, 0.717) is 22.5 Å². The summed E-state index contributed by atoms with van der Waals surface area (Å²) in [6, 6.07) is 15.4. The lowest BCUT2D eigenvalue weighted by Gasteiger charge is -2.33. The quantitative estimate of drug-likeness (QED) is 0.348. The second-order valence-corrected chi connectivity index (χ2v) is 11.3. The smallest absolute Gasteiger partial charge is 0.249 e. The van der Waals surface area contributed by atoms with Gasteiger partial charge in [0.1, 0.15) is 18.1 Å². The number of nitrogens with zero attached hydrogens (tertiary/aromatic N) is 4. The lowest BCUT2D eigenvalue weighted by molar-refractivity contribution is -0.128. The average molecular weight is 531 g/mol. The molecule has 1 unspecified atom stereocenters. The zero-order chi connectivity index (χ0) is 26.9. The van der Waals surface area contributed by atoms with Crippen molar-refractivity contribution in [3.05, 3.63) is 70.9 Å². The third-order valence-corrected chi connectivity index (χ3v) is 6.90. The van der Waals surface area contributed by atoms with Gasteiger partial charge in [0, 0.05) is 22.8 Å². The maximum Gasteiger partial charge on any atom is 0.249 e. The summed E-state index contributed by atoms with van der Waals surface area (Å²) in [4.78, 5) is 41.4. The van der Waals surface area contributed by atoms with Crippen LogP contribution in [0.3, 0.4) is 0 Å². The van der Waals surface area contributed by atoms with Crippen molar-refractivity contribution in [2.24, 2.45) is 5.92 Å². The predicted molar refractivity (Wildman–Crippen MR) is 148 cm³/mol. The first kappa shape index (κ1) is 25.6. The van der Waals surface area contributed by atoms with Crippen molar-refractivity contribution in [1.29, 1.82) is 0 Å². The van der Waals surface area contributed by atoms with Crippen LogP contribution in [0.1, 0.15) is 45.2 Å². The zero-order valence-corrected chi connectivity index (χ0v) is 22.4. The molecule has 2 aromatic carbocycles. The molecule has 0 radical (unpaired) electrons. The van der Waals surface area contributed by atoms with Crippen molar-refractivity contribution in [3.63, 3.8) is 0 Å². The first-order chi connectivity index (χ1) is 18.2. The molecule has 1 aliphatic rings. The van der Waals surface area contributed by atoms with Gasteiger partial charge in [-0.1, -0.05) is 17.3 Å². The zero-order valence-electron chi connectivity index (χ0n) is 21.5. The van der Waals surface area contributed by atoms with Crippen LogP contribution < -0.4 is 15.5 Å². The van der Waals surface area contributed by atoms with Crippen LogP contribution in [-0.4, -0.2) is 38.3 Å². The number of para-hydroxylation sites is 1. The summed E-state index contributed by atoms with van der Waals surface area (Å²) < 4.78 is 1.54. The number of hydrogen-bond acceptors (Lipinski definition) is 6. The number of rotatable bonds is 8.